The first-order valence-electron chi connectivity index (χ1n) is 33.4. The third-order valence-corrected chi connectivity index (χ3v) is 21.5. The van der Waals surface area contributed by atoms with Crippen LogP contribution in [-0.4, -0.2) is 151 Å². The number of rotatable bonds is 22. The number of carbonyl (C=O) groups is 4. The molecule has 1 unspecified atom stereocenters. The third-order valence-electron chi connectivity index (χ3n) is 19.9. The molecule has 0 radical (unpaired) electrons. The van der Waals surface area contributed by atoms with Gasteiger partial charge in [-0.25, -0.2) is 18.1 Å². The number of unbranched alkanes of at least 4 members (excludes halogenated alkanes) is 5. The molecule has 2 aromatic heterocycles. The summed E-state index contributed by atoms with van der Waals surface area (Å²) >= 11 is 6.28. The summed E-state index contributed by atoms with van der Waals surface area (Å²) in [6.07, 6.45) is 17.6. The van der Waals surface area contributed by atoms with Gasteiger partial charge in [0.1, 0.15) is 28.9 Å². The Kier molecular flexibility index (Phi) is 20.5. The smallest absolute Gasteiger partial charge is 0.293 e. The first-order valence-corrected chi connectivity index (χ1v) is 35.3. The van der Waals surface area contributed by atoms with Crippen LogP contribution in [0.2, 0.25) is 5.02 Å². The number of ether oxygens (including phenoxy) is 1. The second-order valence-electron chi connectivity index (χ2n) is 26.9. The number of nitro groups is 1. The number of benzene rings is 4. The number of H-pyrrole nitrogens is 1. The van der Waals surface area contributed by atoms with Crippen LogP contribution in [0.3, 0.4) is 0 Å². The molecule has 5 aliphatic heterocycles. The molecule has 0 spiro atoms. The van der Waals surface area contributed by atoms with E-state index in [-0.39, 0.29) is 46.6 Å². The minimum atomic E-state index is -4.61. The number of fused-ring (bicyclic) bond motifs is 2. The number of imide groups is 1. The Morgan fingerprint density at radius 3 is 2.40 bits per heavy atom. The fourth-order valence-corrected chi connectivity index (χ4v) is 15.5. The van der Waals surface area contributed by atoms with E-state index in [2.05, 4.69) is 82.7 Å². The van der Waals surface area contributed by atoms with E-state index in [0.717, 1.165) is 156 Å². The first-order chi connectivity index (χ1) is 45.4. The lowest BCUT2D eigenvalue weighted by Gasteiger charge is -2.42. The van der Waals surface area contributed by atoms with Crippen molar-refractivity contribution in [2.24, 2.45) is 11.3 Å². The Balaban J connectivity index is 0.584. The summed E-state index contributed by atoms with van der Waals surface area (Å²) in [5.74, 6) is 5.49. The van der Waals surface area contributed by atoms with Gasteiger partial charge in [-0.15, -0.1) is 0 Å². The minimum Gasteiger partial charge on any atom is -0.455 e. The molecule has 22 heteroatoms. The monoisotopic (exact) mass is 1310 g/mol. The van der Waals surface area contributed by atoms with Crippen LogP contribution >= 0.6 is 11.6 Å². The van der Waals surface area contributed by atoms with Gasteiger partial charge in [0.05, 0.1) is 21.6 Å². The number of piperidine rings is 3. The second-order valence-corrected chi connectivity index (χ2v) is 29.0. The number of piperazine rings is 1. The molecule has 494 valence electrons. The zero-order valence-corrected chi connectivity index (χ0v) is 55.3. The molecule has 7 heterocycles. The molecule has 0 bridgehead atoms. The number of anilines is 2. The number of aromatic amines is 1. The average molecular weight is 1320 g/mol. The normalized spacial score (nSPS) is 19.4. The number of nitro benzene ring substituents is 1. The van der Waals surface area contributed by atoms with Crippen molar-refractivity contribution in [3.63, 3.8) is 0 Å². The molecule has 6 aliphatic rings. The maximum atomic E-state index is 14.2. The maximum absolute atomic E-state index is 14.2. The predicted octanol–water partition coefficient (Wildman–Crippen LogP) is 11.6. The molecule has 4 amide bonds. The van der Waals surface area contributed by atoms with E-state index in [9.17, 15) is 37.7 Å². The molecule has 4 fully saturated rings. The molecule has 4 N–H and O–H groups in total. The molecule has 1 aliphatic carbocycles. The highest BCUT2D eigenvalue weighted by atomic mass is 35.5. The molecule has 4 aromatic carbocycles. The lowest BCUT2D eigenvalue weighted by molar-refractivity contribution is -0.384. The van der Waals surface area contributed by atoms with Gasteiger partial charge < -0.3 is 34.6 Å². The number of halogens is 1. The number of hydrogen-bond acceptors (Lipinski definition) is 15. The van der Waals surface area contributed by atoms with Gasteiger partial charge in [0, 0.05) is 110 Å². The van der Waals surface area contributed by atoms with Crippen molar-refractivity contribution in [1.82, 2.24) is 39.6 Å². The fourth-order valence-electron chi connectivity index (χ4n) is 14.4. The van der Waals surface area contributed by atoms with Crippen LogP contribution in [0, 0.1) is 33.3 Å². The van der Waals surface area contributed by atoms with Crippen LogP contribution in [0.4, 0.5) is 17.1 Å². The summed E-state index contributed by atoms with van der Waals surface area (Å²) < 4.78 is 36.7. The summed E-state index contributed by atoms with van der Waals surface area (Å²) in [6.45, 7) is 14.6. The number of hydrogen-bond donors (Lipinski definition) is 4. The van der Waals surface area contributed by atoms with Crippen LogP contribution < -0.4 is 25.0 Å². The zero-order chi connectivity index (χ0) is 65.5. The minimum absolute atomic E-state index is 0.0405. The number of likely N-dealkylation sites (tertiary alicyclic amines) is 2. The average Bonchev–Trinajstić information content (AvgIpc) is 1.70. The Hall–Kier alpha value is -8.13. The number of carbonyl (C=O) groups excluding carboxylic acids is 4. The maximum Gasteiger partial charge on any atom is 0.293 e. The number of nitrogens with one attached hydrogen (secondary N) is 4. The van der Waals surface area contributed by atoms with E-state index in [0.29, 0.717) is 55.6 Å². The largest absolute Gasteiger partial charge is 0.455 e. The molecule has 12 rings (SSSR count). The molecular weight excluding hydrogens is 1230 g/mol. The summed E-state index contributed by atoms with van der Waals surface area (Å²) in [5, 5.41) is 19.7. The number of allylic oxidation sites excluding steroid dienone is 1. The number of pyridine rings is 1. The highest BCUT2D eigenvalue weighted by Gasteiger charge is 2.40. The van der Waals surface area contributed by atoms with Crippen molar-refractivity contribution in [2.75, 3.05) is 82.2 Å². The number of amides is 4. The Morgan fingerprint density at radius 2 is 1.63 bits per heavy atom. The lowest BCUT2D eigenvalue weighted by atomic mass is 9.72. The zero-order valence-electron chi connectivity index (χ0n) is 53.7. The van der Waals surface area contributed by atoms with Crippen molar-refractivity contribution in [3.05, 3.63) is 152 Å². The predicted molar refractivity (Wildman–Crippen MR) is 364 cm³/mol. The molecule has 94 heavy (non-hydrogen) atoms. The summed E-state index contributed by atoms with van der Waals surface area (Å²) in [7, 11) is -4.61. The Labute approximate surface area is 555 Å². The van der Waals surface area contributed by atoms with Crippen LogP contribution in [0.25, 0.3) is 16.6 Å². The van der Waals surface area contributed by atoms with Crippen LogP contribution in [-0.2, 0) is 26.2 Å². The van der Waals surface area contributed by atoms with Crippen molar-refractivity contribution in [1.29, 1.82) is 0 Å². The summed E-state index contributed by atoms with van der Waals surface area (Å²) in [6, 6.07) is 26.1. The van der Waals surface area contributed by atoms with Gasteiger partial charge in [-0.1, -0.05) is 80.3 Å². The van der Waals surface area contributed by atoms with Crippen molar-refractivity contribution in [2.45, 2.75) is 134 Å². The molecule has 0 saturated carbocycles. The standard InChI is InChI=1S/C72H84ClN11O9S/c1-72(2)30-24-53(61(44-72)51-14-16-54(73)17-15-51)47-80-37-39-82(40-38-80)56-18-20-60(66(42-56)93-57-41-52-25-31-74-68(52)76-46-57)69(86)78-94(91,92)58-19-21-63(65(43-58)84(89)90)75-45-49-26-35-81(36-27-49)55-28-33-79(34-29-55)32-9-7-5-3-4-6-8-11-50-12-10-13-59-62(50)48-83(71(59)88)64-22-23-67(85)77-70(64)87/h10,12-21,25,31,41-43,46,49,55,64,75H,3-7,9,22-24,26-30,32-40,44-45,47-48H2,1-2H3,(H,74,76)(H,78,86)(H,77,85,87). The summed E-state index contributed by atoms with van der Waals surface area (Å²) in [5.41, 5.74) is 7.79. The number of sulfonamides is 1. The van der Waals surface area contributed by atoms with Gasteiger partial charge in [-0.2, -0.15) is 0 Å². The van der Waals surface area contributed by atoms with Crippen LogP contribution in [0.15, 0.2) is 114 Å². The Bertz CT molecular complexity index is 4030. The highest BCUT2D eigenvalue weighted by molar-refractivity contribution is 7.90. The van der Waals surface area contributed by atoms with Crippen LogP contribution in [0.1, 0.15) is 148 Å². The number of nitrogens with zero attached hydrogens (tertiary/aromatic N) is 7. The Morgan fingerprint density at radius 1 is 0.851 bits per heavy atom. The van der Waals surface area contributed by atoms with Gasteiger partial charge >= 0.3 is 0 Å². The molecule has 6 aromatic rings. The second kappa shape index (κ2) is 29.2. The molecule has 4 saturated heterocycles. The quantitative estimate of drug-likeness (QED) is 0.0163. The van der Waals surface area contributed by atoms with E-state index < -0.39 is 43.4 Å². The van der Waals surface area contributed by atoms with E-state index in [4.69, 9.17) is 16.3 Å². The van der Waals surface area contributed by atoms with E-state index in [1.165, 1.54) is 47.9 Å². The van der Waals surface area contributed by atoms with E-state index in [1.807, 2.05) is 30.3 Å². The summed E-state index contributed by atoms with van der Waals surface area (Å²) in [4.78, 5) is 82.1. The SMILES string of the molecule is CC1(C)CCC(CN2CCN(c3ccc(C(=O)NS(=O)(=O)c4ccc(NCC5CCN(C6CCN(CCCCCCCC#Cc7cccc8c7CN(C7CCC(=O)NC7=O)C8=O)CC6)CC5)c([N+](=O)[O-])c4)c(Oc4cnc5[nH]ccc5c4)c3)CC2)=C(c2ccc(Cl)cc2)C1. The fraction of sp³-hybridized carbons (Fsp3) is 0.458. The van der Waals surface area contributed by atoms with Gasteiger partial charge in [0.25, 0.3) is 27.5 Å². The topological polar surface area (TPSA) is 236 Å². The van der Waals surface area contributed by atoms with Gasteiger partial charge in [-0.05, 0) is 186 Å². The van der Waals surface area contributed by atoms with Crippen molar-refractivity contribution >= 4 is 78.9 Å². The lowest BCUT2D eigenvalue weighted by Crippen LogP contribution is -2.52. The first kappa shape index (κ1) is 65.9. The molecule has 1 atom stereocenters. The van der Waals surface area contributed by atoms with E-state index >= 15 is 0 Å². The molecule has 20 nitrogen and oxygen atoms in total. The van der Waals surface area contributed by atoms with Crippen molar-refractivity contribution < 1.29 is 37.3 Å². The number of aromatic nitrogens is 2. The highest BCUT2D eigenvalue weighted by Crippen LogP contribution is 2.44. The van der Waals surface area contributed by atoms with Crippen LogP contribution in [0.5, 0.6) is 11.5 Å². The molecular formula is C72H84ClN11O9S. The van der Waals surface area contributed by atoms with Gasteiger partial charge in [-0.3, -0.25) is 39.5 Å². The van der Waals surface area contributed by atoms with E-state index in [1.54, 1.807) is 41.4 Å². The third kappa shape index (κ3) is 15.8. The van der Waals surface area contributed by atoms with Crippen molar-refractivity contribution in [3.8, 4) is 23.3 Å². The van der Waals surface area contributed by atoms with Gasteiger partial charge in [0.15, 0.2) is 0 Å². The van der Waals surface area contributed by atoms with Gasteiger partial charge in [0.2, 0.25) is 11.8 Å².